The van der Waals surface area contributed by atoms with Crippen molar-refractivity contribution < 1.29 is 47.3 Å². The Morgan fingerprint density at radius 1 is 1.04 bits per heavy atom. The van der Waals surface area contributed by atoms with Gasteiger partial charge in [0.25, 0.3) is 0 Å². The molecule has 25 heavy (non-hydrogen) atoms. The van der Waals surface area contributed by atoms with Gasteiger partial charge in [-0.1, -0.05) is 41.4 Å². The summed E-state index contributed by atoms with van der Waals surface area (Å²) in [6, 6.07) is 12.7. The van der Waals surface area contributed by atoms with Gasteiger partial charge in [0, 0.05) is 11.1 Å². The fraction of sp³-hybridized carbons (Fsp3) is 0.250. The molecule has 0 fully saturated rings. The summed E-state index contributed by atoms with van der Waals surface area (Å²) < 4.78 is 61.7. The number of rotatable bonds is 2. The summed E-state index contributed by atoms with van der Waals surface area (Å²) >= 11 is 6.06. The normalized spacial score (nSPS) is 11.7. The molecular formula is C16H15ClF3IO3S. The van der Waals surface area contributed by atoms with E-state index in [2.05, 4.69) is 45.0 Å². The third kappa shape index (κ3) is 6.76. The quantitative estimate of drug-likeness (QED) is 0.352. The van der Waals surface area contributed by atoms with E-state index in [1.807, 2.05) is 12.1 Å². The number of hydrogen-bond donors (Lipinski definition) is 0. The first-order valence-electron chi connectivity index (χ1n) is 6.82. The summed E-state index contributed by atoms with van der Waals surface area (Å²) in [6.07, 6.45) is 0. The molecule has 138 valence electrons. The Kier molecular flexibility index (Phi) is 7.72. The summed E-state index contributed by atoms with van der Waals surface area (Å²) in [4.78, 5) is 0. The van der Waals surface area contributed by atoms with Crippen molar-refractivity contribution >= 4 is 21.7 Å². The molecule has 0 bridgehead atoms. The predicted molar refractivity (Wildman–Crippen MR) is 85.3 cm³/mol. The predicted octanol–water partition coefficient (Wildman–Crippen LogP) is 1.45. The second kappa shape index (κ2) is 8.70. The second-order valence-electron chi connectivity index (χ2n) is 5.12. The smallest absolute Gasteiger partial charge is 0.485 e. The summed E-state index contributed by atoms with van der Waals surface area (Å²) in [7, 11) is -6.09. The monoisotopic (exact) mass is 506 g/mol. The molecule has 0 heterocycles. The Morgan fingerprint density at radius 3 is 1.88 bits per heavy atom. The number of alkyl halides is 3. The highest BCUT2D eigenvalue weighted by Crippen LogP contribution is 2.20. The third-order valence-corrected chi connectivity index (χ3v) is 7.86. The van der Waals surface area contributed by atoms with E-state index >= 15 is 0 Å². The van der Waals surface area contributed by atoms with Crippen LogP contribution in [0.5, 0.6) is 0 Å². The first kappa shape index (κ1) is 22.2. The molecule has 3 nitrogen and oxygen atoms in total. The van der Waals surface area contributed by atoms with Gasteiger partial charge in [0.2, 0.25) is 3.57 Å². The maximum atomic E-state index is 10.7. The molecule has 0 amide bonds. The Hall–Kier alpha value is -0.840. The number of benzene rings is 2. The lowest BCUT2D eigenvalue weighted by Gasteiger charge is -2.08. The minimum Gasteiger partial charge on any atom is -0.741 e. The Balaban J connectivity index is 0.000000333. The maximum absolute atomic E-state index is 10.7. The van der Waals surface area contributed by atoms with Crippen LogP contribution in [-0.4, -0.2) is 18.5 Å². The molecule has 0 saturated heterocycles. The molecule has 0 unspecified atom stereocenters. The second-order valence-corrected chi connectivity index (χ2v) is 9.68. The van der Waals surface area contributed by atoms with Crippen LogP contribution in [0.3, 0.4) is 0 Å². The van der Waals surface area contributed by atoms with Crippen LogP contribution < -0.4 is 21.2 Å². The van der Waals surface area contributed by atoms with Crippen molar-refractivity contribution in [3.8, 4) is 0 Å². The van der Waals surface area contributed by atoms with Crippen molar-refractivity contribution in [1.82, 2.24) is 0 Å². The third-order valence-electron chi connectivity index (χ3n) is 2.88. The van der Waals surface area contributed by atoms with E-state index in [-0.39, 0.29) is 21.2 Å². The minimum atomic E-state index is -6.09. The van der Waals surface area contributed by atoms with Crippen LogP contribution >= 0.6 is 11.6 Å². The zero-order valence-corrected chi connectivity index (χ0v) is 17.2. The average molecular weight is 507 g/mol. The fourth-order valence-corrected chi connectivity index (χ4v) is 4.87. The van der Waals surface area contributed by atoms with E-state index < -0.39 is 15.6 Å². The first-order chi connectivity index (χ1) is 11.3. The molecule has 0 radical (unpaired) electrons. The summed E-state index contributed by atoms with van der Waals surface area (Å²) in [5, 5.41) is 0.902. The number of aryl methyl sites for hydroxylation is 3. The highest BCUT2D eigenvalue weighted by molar-refractivity contribution is 7.86. The van der Waals surface area contributed by atoms with Crippen LogP contribution in [0.1, 0.15) is 16.7 Å². The zero-order valence-electron chi connectivity index (χ0n) is 13.5. The van der Waals surface area contributed by atoms with Crippen LogP contribution in [0.25, 0.3) is 0 Å². The van der Waals surface area contributed by atoms with Crippen LogP contribution in [-0.2, 0) is 10.1 Å². The van der Waals surface area contributed by atoms with Gasteiger partial charge < -0.3 is 4.55 Å². The lowest BCUT2D eigenvalue weighted by Crippen LogP contribution is -3.62. The van der Waals surface area contributed by atoms with Gasteiger partial charge in [-0.05, 0) is 32.9 Å². The summed E-state index contributed by atoms with van der Waals surface area (Å²) in [5.74, 6) is 0. The van der Waals surface area contributed by atoms with E-state index in [0.29, 0.717) is 0 Å². The van der Waals surface area contributed by atoms with Crippen molar-refractivity contribution in [1.29, 1.82) is 0 Å². The van der Waals surface area contributed by atoms with Gasteiger partial charge in [-0.3, -0.25) is 0 Å². The Morgan fingerprint density at radius 2 is 1.48 bits per heavy atom. The minimum absolute atomic E-state index is 0.181. The van der Waals surface area contributed by atoms with Gasteiger partial charge in [0.05, 0.1) is 5.02 Å². The Bertz CT molecular complexity index is 829. The molecule has 0 saturated carbocycles. The zero-order chi connectivity index (χ0) is 19.4. The van der Waals surface area contributed by atoms with Crippen LogP contribution in [0.4, 0.5) is 13.2 Å². The lowest BCUT2D eigenvalue weighted by atomic mass is 10.1. The molecule has 0 aliphatic heterocycles. The van der Waals surface area contributed by atoms with E-state index in [9.17, 15) is 13.2 Å². The van der Waals surface area contributed by atoms with Crippen molar-refractivity contribution in [2.75, 3.05) is 0 Å². The molecule has 0 N–H and O–H groups in total. The van der Waals surface area contributed by atoms with Crippen LogP contribution in [0.15, 0.2) is 36.4 Å². The molecule has 0 aromatic heterocycles. The molecule has 0 aliphatic rings. The summed E-state index contributed by atoms with van der Waals surface area (Å²) in [6.45, 7) is 6.55. The van der Waals surface area contributed by atoms with Crippen molar-refractivity contribution in [3.05, 3.63) is 65.3 Å². The van der Waals surface area contributed by atoms with Crippen molar-refractivity contribution in [2.45, 2.75) is 26.3 Å². The molecule has 2 rings (SSSR count). The molecule has 2 aromatic rings. The lowest BCUT2D eigenvalue weighted by molar-refractivity contribution is -0.598. The van der Waals surface area contributed by atoms with Gasteiger partial charge in [0.15, 0.2) is 13.7 Å². The van der Waals surface area contributed by atoms with Crippen LogP contribution in [0, 0.1) is 27.9 Å². The highest BCUT2D eigenvalue weighted by atomic mass is 127. The van der Waals surface area contributed by atoms with E-state index in [0.717, 1.165) is 5.02 Å². The van der Waals surface area contributed by atoms with Crippen molar-refractivity contribution in [2.24, 2.45) is 0 Å². The standard InChI is InChI=1S/C15H15ClI.CHF3O3S/c1-10-8-11(2)15(12(3)9-10)17-14-7-5-4-6-13(14)16;2-1(3,4)8(5,6)7/h4-9H,1-3H3;(H,5,6,7)/q+1;/p-1. The molecule has 0 spiro atoms. The maximum Gasteiger partial charge on any atom is 0.485 e. The Labute approximate surface area is 160 Å². The average Bonchev–Trinajstić information content (AvgIpc) is 2.43. The largest absolute Gasteiger partial charge is 0.741 e. The van der Waals surface area contributed by atoms with Gasteiger partial charge >= 0.3 is 26.7 Å². The molecule has 0 atom stereocenters. The molecule has 0 aliphatic carbocycles. The van der Waals surface area contributed by atoms with Gasteiger partial charge in [0.1, 0.15) is 0 Å². The highest BCUT2D eigenvalue weighted by Gasteiger charge is 2.36. The van der Waals surface area contributed by atoms with E-state index in [4.69, 9.17) is 24.6 Å². The molecule has 9 heteroatoms. The van der Waals surface area contributed by atoms with Crippen molar-refractivity contribution in [3.63, 3.8) is 0 Å². The van der Waals surface area contributed by atoms with E-state index in [1.54, 1.807) is 0 Å². The number of hydrogen-bond acceptors (Lipinski definition) is 3. The van der Waals surface area contributed by atoms with Gasteiger partial charge in [-0.15, -0.1) is 0 Å². The fourth-order valence-electron chi connectivity index (χ4n) is 1.93. The first-order valence-corrected chi connectivity index (χ1v) is 10.8. The van der Waals surface area contributed by atoms with E-state index in [1.165, 1.54) is 23.8 Å². The SMILES string of the molecule is Cc1cc(C)c([I+]c2ccccc2Cl)c(C)c1.O=S(=O)([O-])C(F)(F)F. The molecular weight excluding hydrogens is 492 g/mol. The summed E-state index contributed by atoms with van der Waals surface area (Å²) in [5.41, 5.74) is -1.51. The molecule has 2 aromatic carbocycles. The van der Waals surface area contributed by atoms with Gasteiger partial charge in [-0.25, -0.2) is 8.42 Å². The topological polar surface area (TPSA) is 57.2 Å². The van der Waals surface area contributed by atoms with Gasteiger partial charge in [-0.2, -0.15) is 13.2 Å². The van der Waals surface area contributed by atoms with Crippen LogP contribution in [0.2, 0.25) is 5.02 Å². The number of halogens is 5.